The molecule has 2 rings (SSSR count). The van der Waals surface area contributed by atoms with Gasteiger partial charge in [-0.05, 0) is 31.6 Å². The summed E-state index contributed by atoms with van der Waals surface area (Å²) in [5, 5.41) is 0. The summed E-state index contributed by atoms with van der Waals surface area (Å²) in [6, 6.07) is 8.42. The molecule has 0 aliphatic carbocycles. The van der Waals surface area contributed by atoms with Crippen molar-refractivity contribution in [1.82, 2.24) is 4.90 Å². The van der Waals surface area contributed by atoms with Crippen molar-refractivity contribution < 1.29 is 4.79 Å². The van der Waals surface area contributed by atoms with Crippen molar-refractivity contribution in [3.05, 3.63) is 35.5 Å². The first-order valence-corrected chi connectivity index (χ1v) is 7.43. The number of piperidine rings is 1. The molecule has 1 aromatic carbocycles. The van der Waals surface area contributed by atoms with Gasteiger partial charge in [0.1, 0.15) is 5.78 Å². The maximum Gasteiger partial charge on any atom is 0.140 e. The summed E-state index contributed by atoms with van der Waals surface area (Å²) >= 11 is 0. The maximum atomic E-state index is 11.7. The van der Waals surface area contributed by atoms with Crippen molar-refractivity contribution in [2.45, 2.75) is 26.7 Å². The van der Waals surface area contributed by atoms with Crippen molar-refractivity contribution >= 4 is 17.5 Å². The molecular weight excluding hydrogens is 248 g/mol. The molecule has 1 aliphatic heterocycles. The minimum atomic E-state index is 0.342. The van der Waals surface area contributed by atoms with E-state index in [1.807, 2.05) is 0 Å². The van der Waals surface area contributed by atoms with Crippen LogP contribution in [0.4, 0.5) is 5.69 Å². The van der Waals surface area contributed by atoms with E-state index in [1.54, 1.807) is 0 Å². The summed E-state index contributed by atoms with van der Waals surface area (Å²) < 4.78 is 0. The summed E-state index contributed by atoms with van der Waals surface area (Å²) in [5.41, 5.74) is 3.57. The van der Waals surface area contributed by atoms with Crippen molar-refractivity contribution in [1.29, 1.82) is 0 Å². The number of carbonyl (C=O) groups is 1. The molecule has 1 saturated heterocycles. The van der Waals surface area contributed by atoms with Crippen LogP contribution in [0.1, 0.15) is 32.3 Å². The fraction of sp³-hybridized carbons (Fsp3) is 0.471. The molecule has 3 heteroatoms. The zero-order valence-electron chi connectivity index (χ0n) is 12.7. The van der Waals surface area contributed by atoms with Crippen LogP contribution in [0.3, 0.4) is 0 Å². The second kappa shape index (κ2) is 6.60. The normalized spacial score (nSPS) is 17.6. The number of nitrogens with zero attached hydrogens (tertiary/aromatic N) is 2. The Morgan fingerprint density at radius 2 is 1.95 bits per heavy atom. The van der Waals surface area contributed by atoms with Gasteiger partial charge in [0.25, 0.3) is 0 Å². The zero-order valence-corrected chi connectivity index (χ0v) is 12.7. The first kappa shape index (κ1) is 14.6. The molecule has 20 heavy (non-hydrogen) atoms. The van der Waals surface area contributed by atoms with Crippen molar-refractivity contribution in [3.8, 4) is 0 Å². The van der Waals surface area contributed by atoms with Gasteiger partial charge in [-0.3, -0.25) is 4.79 Å². The third kappa shape index (κ3) is 3.21. The Bertz CT molecular complexity index is 503. The molecule has 1 aliphatic rings. The van der Waals surface area contributed by atoms with E-state index in [2.05, 4.69) is 61.0 Å². The van der Waals surface area contributed by atoms with E-state index in [0.29, 0.717) is 18.6 Å². The third-order valence-electron chi connectivity index (χ3n) is 3.96. The summed E-state index contributed by atoms with van der Waals surface area (Å²) in [5.74, 6) is 0.342. The van der Waals surface area contributed by atoms with Gasteiger partial charge in [0.05, 0.1) is 0 Å². The van der Waals surface area contributed by atoms with E-state index in [0.717, 1.165) is 25.3 Å². The molecule has 1 fully saturated rings. The number of rotatable bonds is 4. The fourth-order valence-electron chi connectivity index (χ4n) is 2.66. The van der Waals surface area contributed by atoms with Crippen LogP contribution < -0.4 is 4.90 Å². The number of allylic oxidation sites excluding steroid dienone is 1. The second-order valence-corrected chi connectivity index (χ2v) is 5.25. The Labute approximate surface area is 121 Å². The lowest BCUT2D eigenvalue weighted by atomic mass is 10.0. The van der Waals surface area contributed by atoms with Gasteiger partial charge < -0.3 is 9.80 Å². The number of hydrogen-bond donors (Lipinski definition) is 0. The van der Waals surface area contributed by atoms with Gasteiger partial charge in [0.15, 0.2) is 0 Å². The molecular formula is C17H24N2O. The van der Waals surface area contributed by atoms with E-state index in [-0.39, 0.29) is 0 Å². The molecule has 0 bridgehead atoms. The smallest absolute Gasteiger partial charge is 0.140 e. The van der Waals surface area contributed by atoms with Crippen molar-refractivity contribution in [2.75, 3.05) is 31.6 Å². The fourth-order valence-corrected chi connectivity index (χ4v) is 2.66. The van der Waals surface area contributed by atoms with Crippen LogP contribution in [-0.4, -0.2) is 37.4 Å². The molecule has 1 aromatic rings. The Morgan fingerprint density at radius 1 is 1.25 bits per heavy atom. The Kier molecular flexibility index (Phi) is 4.83. The van der Waals surface area contributed by atoms with E-state index in [9.17, 15) is 4.79 Å². The van der Waals surface area contributed by atoms with Crippen molar-refractivity contribution in [2.24, 2.45) is 0 Å². The van der Waals surface area contributed by atoms with Crippen LogP contribution >= 0.6 is 0 Å². The molecule has 0 saturated carbocycles. The zero-order chi connectivity index (χ0) is 14.5. The highest BCUT2D eigenvalue weighted by Gasteiger charge is 2.18. The molecule has 0 aromatic heterocycles. The van der Waals surface area contributed by atoms with E-state index < -0.39 is 0 Å². The van der Waals surface area contributed by atoms with Crippen LogP contribution in [0.2, 0.25) is 0 Å². The van der Waals surface area contributed by atoms with Crippen LogP contribution in [0, 0.1) is 0 Å². The molecule has 0 N–H and O–H groups in total. The number of benzene rings is 1. The highest BCUT2D eigenvalue weighted by molar-refractivity contribution is 5.84. The van der Waals surface area contributed by atoms with E-state index >= 15 is 0 Å². The molecule has 108 valence electrons. The Hall–Kier alpha value is -1.77. The van der Waals surface area contributed by atoms with Gasteiger partial charge in [0, 0.05) is 50.9 Å². The number of carbonyl (C=O) groups excluding carboxylic acids is 1. The lowest BCUT2D eigenvalue weighted by molar-refractivity contribution is -0.120. The van der Waals surface area contributed by atoms with Gasteiger partial charge in [0.2, 0.25) is 0 Å². The number of ketones is 1. The maximum absolute atomic E-state index is 11.7. The number of hydrogen-bond acceptors (Lipinski definition) is 3. The number of anilines is 1. The Balaban J connectivity index is 2.35. The number of Topliss-reactive ketones (excluding diaryl/α,β-unsaturated/α-hetero) is 1. The molecule has 0 atom stereocenters. The molecule has 0 amide bonds. The largest absolute Gasteiger partial charge is 0.377 e. The highest BCUT2D eigenvalue weighted by Crippen LogP contribution is 2.26. The summed E-state index contributed by atoms with van der Waals surface area (Å²) in [6.07, 6.45) is 3.40. The van der Waals surface area contributed by atoms with Crippen molar-refractivity contribution in [3.63, 3.8) is 0 Å². The van der Waals surface area contributed by atoms with Crippen LogP contribution in [-0.2, 0) is 4.79 Å². The highest BCUT2D eigenvalue weighted by atomic mass is 16.1. The molecule has 0 unspecified atom stereocenters. The first-order valence-electron chi connectivity index (χ1n) is 7.43. The average molecular weight is 272 g/mol. The van der Waals surface area contributed by atoms with Crippen LogP contribution in [0.15, 0.2) is 30.0 Å². The van der Waals surface area contributed by atoms with Crippen LogP contribution in [0.5, 0.6) is 0 Å². The third-order valence-corrected chi connectivity index (χ3v) is 3.96. The topological polar surface area (TPSA) is 23.6 Å². The van der Waals surface area contributed by atoms with Gasteiger partial charge in [-0.15, -0.1) is 0 Å². The predicted molar refractivity (Wildman–Crippen MR) is 84.9 cm³/mol. The molecule has 0 spiro atoms. The SMILES string of the molecule is CCN(CC)c1ccccc1/C=C1\CC(=O)CCN1C. The lowest BCUT2D eigenvalue weighted by Crippen LogP contribution is -2.28. The quantitative estimate of drug-likeness (QED) is 0.841. The van der Waals surface area contributed by atoms with Crippen LogP contribution in [0.25, 0.3) is 6.08 Å². The lowest BCUT2D eigenvalue weighted by Gasteiger charge is -2.28. The average Bonchev–Trinajstić information content (AvgIpc) is 2.46. The van der Waals surface area contributed by atoms with Gasteiger partial charge in [-0.25, -0.2) is 0 Å². The monoisotopic (exact) mass is 272 g/mol. The Morgan fingerprint density at radius 3 is 2.65 bits per heavy atom. The first-order chi connectivity index (χ1) is 9.65. The van der Waals surface area contributed by atoms with E-state index in [4.69, 9.17) is 0 Å². The second-order valence-electron chi connectivity index (χ2n) is 5.25. The molecule has 3 nitrogen and oxygen atoms in total. The predicted octanol–water partition coefficient (Wildman–Crippen LogP) is 3.17. The summed E-state index contributed by atoms with van der Waals surface area (Å²) in [4.78, 5) is 16.2. The van der Waals surface area contributed by atoms with Gasteiger partial charge in [-0.2, -0.15) is 0 Å². The van der Waals surface area contributed by atoms with Gasteiger partial charge in [-0.1, -0.05) is 18.2 Å². The number of likely N-dealkylation sites (tertiary alicyclic amines) is 1. The summed E-state index contributed by atoms with van der Waals surface area (Å²) in [7, 11) is 2.07. The minimum Gasteiger partial charge on any atom is -0.377 e. The number of para-hydroxylation sites is 1. The van der Waals surface area contributed by atoms with E-state index in [1.165, 1.54) is 11.3 Å². The summed E-state index contributed by atoms with van der Waals surface area (Å²) in [6.45, 7) is 7.16. The minimum absolute atomic E-state index is 0.342. The molecule has 0 radical (unpaired) electrons. The van der Waals surface area contributed by atoms with Gasteiger partial charge >= 0.3 is 0 Å². The molecule has 1 heterocycles. The standard InChI is InChI=1S/C17H24N2O/c1-4-19(5-2)17-9-7-6-8-14(17)12-15-13-16(20)10-11-18(15)3/h6-9,12H,4-5,10-11,13H2,1-3H3/b15-12+.